The largest absolute Gasteiger partial charge is 0.394 e. The van der Waals surface area contributed by atoms with Crippen molar-refractivity contribution < 1.29 is 20.1 Å². The molecule has 0 bridgehead atoms. The van der Waals surface area contributed by atoms with Crippen LogP contribution in [-0.2, 0) is 4.74 Å². The number of aliphatic hydroxyl groups is 3. The van der Waals surface area contributed by atoms with E-state index >= 15 is 0 Å². The Hall–Kier alpha value is -0.270. The Labute approximate surface area is 92.3 Å². The van der Waals surface area contributed by atoms with Crippen LogP contribution >= 0.6 is 11.8 Å². The SMILES string of the molecule is CC1SC=CN1[C@@H]1O[C@H](CO)[C@@H](O)[C@H]1O. The second kappa shape index (κ2) is 4.31. The Bertz CT molecular complexity index is 262. The highest BCUT2D eigenvalue weighted by Gasteiger charge is 2.46. The van der Waals surface area contributed by atoms with Gasteiger partial charge >= 0.3 is 0 Å². The minimum absolute atomic E-state index is 0.175. The normalized spacial score (nSPS) is 45.3. The molecular formula is C9H15NO4S. The van der Waals surface area contributed by atoms with Crippen molar-refractivity contribution in [2.24, 2.45) is 0 Å². The first-order valence-electron chi connectivity index (χ1n) is 4.87. The van der Waals surface area contributed by atoms with Crippen molar-refractivity contribution in [3.8, 4) is 0 Å². The molecule has 0 aromatic rings. The van der Waals surface area contributed by atoms with Gasteiger partial charge in [0.05, 0.1) is 12.0 Å². The highest BCUT2D eigenvalue weighted by molar-refractivity contribution is 8.02. The van der Waals surface area contributed by atoms with Gasteiger partial charge in [-0.3, -0.25) is 0 Å². The Kier molecular flexibility index (Phi) is 3.22. The van der Waals surface area contributed by atoms with E-state index in [1.54, 1.807) is 11.8 Å². The van der Waals surface area contributed by atoms with E-state index in [2.05, 4.69) is 0 Å². The molecule has 5 atom stereocenters. The van der Waals surface area contributed by atoms with Gasteiger partial charge in [0, 0.05) is 6.20 Å². The van der Waals surface area contributed by atoms with Crippen LogP contribution in [0.4, 0.5) is 0 Å². The summed E-state index contributed by atoms with van der Waals surface area (Å²) in [6, 6.07) is 0. The van der Waals surface area contributed by atoms with Crippen LogP contribution in [-0.4, -0.2) is 56.7 Å². The number of rotatable bonds is 2. The summed E-state index contributed by atoms with van der Waals surface area (Å²) in [6.07, 6.45) is -1.44. The molecule has 2 rings (SSSR count). The predicted molar refractivity (Wildman–Crippen MR) is 55.8 cm³/mol. The summed E-state index contributed by atoms with van der Waals surface area (Å²) in [6.45, 7) is 1.70. The summed E-state index contributed by atoms with van der Waals surface area (Å²) in [5.41, 5.74) is 0. The first-order valence-corrected chi connectivity index (χ1v) is 5.81. The molecule has 1 fully saturated rings. The zero-order valence-electron chi connectivity index (χ0n) is 8.35. The molecule has 0 spiro atoms. The molecule has 86 valence electrons. The van der Waals surface area contributed by atoms with Crippen molar-refractivity contribution in [3.05, 3.63) is 11.6 Å². The van der Waals surface area contributed by atoms with E-state index in [1.807, 2.05) is 23.4 Å². The van der Waals surface area contributed by atoms with Crippen LogP contribution < -0.4 is 0 Å². The van der Waals surface area contributed by atoms with Crippen LogP contribution in [0.1, 0.15) is 6.92 Å². The summed E-state index contributed by atoms with van der Waals surface area (Å²) in [4.78, 5) is 1.84. The maximum absolute atomic E-state index is 9.77. The third kappa shape index (κ3) is 1.88. The molecule has 1 unspecified atom stereocenters. The maximum atomic E-state index is 9.77. The standard InChI is InChI=1S/C9H15NO4S/c1-5-10(2-3-15-5)9-8(13)7(12)6(4-11)14-9/h2-3,5-9,11-13H,4H2,1H3/t5?,6-,7-,8-,9-/m1/s1. The van der Waals surface area contributed by atoms with Gasteiger partial charge in [0.2, 0.25) is 0 Å². The number of aliphatic hydroxyl groups excluding tert-OH is 3. The molecule has 0 radical (unpaired) electrons. The van der Waals surface area contributed by atoms with Crippen molar-refractivity contribution >= 4 is 11.8 Å². The van der Waals surface area contributed by atoms with Crippen molar-refractivity contribution in [2.45, 2.75) is 36.8 Å². The second-order valence-electron chi connectivity index (χ2n) is 3.70. The fourth-order valence-electron chi connectivity index (χ4n) is 1.83. The van der Waals surface area contributed by atoms with Crippen molar-refractivity contribution in [3.63, 3.8) is 0 Å². The Morgan fingerprint density at radius 3 is 2.60 bits per heavy atom. The Morgan fingerprint density at radius 2 is 2.13 bits per heavy atom. The van der Waals surface area contributed by atoms with Crippen LogP contribution in [0.5, 0.6) is 0 Å². The summed E-state index contributed by atoms with van der Waals surface area (Å²) in [5.74, 6) is 0. The second-order valence-corrected chi connectivity index (χ2v) is 4.92. The van der Waals surface area contributed by atoms with Gasteiger partial charge in [0.1, 0.15) is 18.3 Å². The van der Waals surface area contributed by atoms with E-state index in [4.69, 9.17) is 9.84 Å². The van der Waals surface area contributed by atoms with Gasteiger partial charge in [0.15, 0.2) is 6.23 Å². The quantitative estimate of drug-likeness (QED) is 0.585. The van der Waals surface area contributed by atoms with E-state index in [1.165, 1.54) is 0 Å². The fraction of sp³-hybridized carbons (Fsp3) is 0.778. The van der Waals surface area contributed by atoms with Gasteiger partial charge in [-0.1, -0.05) is 0 Å². The van der Waals surface area contributed by atoms with Crippen LogP contribution in [0.3, 0.4) is 0 Å². The van der Waals surface area contributed by atoms with Gasteiger partial charge in [-0.2, -0.15) is 0 Å². The third-order valence-corrected chi connectivity index (χ3v) is 3.66. The average molecular weight is 233 g/mol. The van der Waals surface area contributed by atoms with Crippen LogP contribution in [0.2, 0.25) is 0 Å². The lowest BCUT2D eigenvalue weighted by Crippen LogP contribution is -2.43. The lowest BCUT2D eigenvalue weighted by atomic mass is 10.1. The molecule has 2 heterocycles. The van der Waals surface area contributed by atoms with Gasteiger partial charge in [-0.15, -0.1) is 11.8 Å². The molecule has 0 aliphatic carbocycles. The van der Waals surface area contributed by atoms with Crippen molar-refractivity contribution in [1.82, 2.24) is 4.90 Å². The van der Waals surface area contributed by atoms with Crippen LogP contribution in [0.15, 0.2) is 11.6 Å². The monoisotopic (exact) mass is 233 g/mol. The molecule has 2 aliphatic heterocycles. The Morgan fingerprint density at radius 1 is 1.40 bits per heavy atom. The number of thioether (sulfide) groups is 1. The zero-order valence-corrected chi connectivity index (χ0v) is 9.17. The first-order chi connectivity index (χ1) is 7.15. The zero-order chi connectivity index (χ0) is 11.0. The Balaban J connectivity index is 2.07. The molecule has 1 saturated heterocycles. The minimum atomic E-state index is -1.02. The lowest BCUT2D eigenvalue weighted by molar-refractivity contribution is -0.0806. The molecule has 0 amide bonds. The smallest absolute Gasteiger partial charge is 0.160 e. The van der Waals surface area contributed by atoms with Crippen molar-refractivity contribution in [2.75, 3.05) is 6.61 Å². The van der Waals surface area contributed by atoms with Gasteiger partial charge in [0.25, 0.3) is 0 Å². The summed E-state index contributed by atoms with van der Waals surface area (Å²) >= 11 is 1.61. The van der Waals surface area contributed by atoms with Crippen LogP contribution in [0, 0.1) is 0 Å². The number of nitrogens with zero attached hydrogens (tertiary/aromatic N) is 1. The highest BCUT2D eigenvalue weighted by atomic mass is 32.2. The molecule has 15 heavy (non-hydrogen) atoms. The summed E-state index contributed by atoms with van der Waals surface area (Å²) in [5, 5.41) is 30.4. The van der Waals surface area contributed by atoms with Gasteiger partial charge in [-0.05, 0) is 12.3 Å². The first kappa shape index (κ1) is 11.2. The number of hydrogen-bond acceptors (Lipinski definition) is 6. The van der Waals surface area contributed by atoms with Gasteiger partial charge < -0.3 is 25.0 Å². The van der Waals surface area contributed by atoms with Gasteiger partial charge in [-0.25, -0.2) is 0 Å². The summed E-state index contributed by atoms with van der Waals surface area (Å²) in [7, 11) is 0. The highest BCUT2D eigenvalue weighted by Crippen LogP contribution is 2.32. The topological polar surface area (TPSA) is 73.2 Å². The number of hydrogen-bond donors (Lipinski definition) is 3. The predicted octanol–water partition coefficient (Wildman–Crippen LogP) is -0.709. The molecule has 6 heteroatoms. The molecule has 0 aromatic carbocycles. The number of ether oxygens (including phenoxy) is 1. The minimum Gasteiger partial charge on any atom is -0.394 e. The summed E-state index contributed by atoms with van der Waals surface area (Å²) < 4.78 is 5.40. The van der Waals surface area contributed by atoms with E-state index in [0.717, 1.165) is 0 Å². The van der Waals surface area contributed by atoms with E-state index < -0.39 is 24.5 Å². The fourth-order valence-corrected chi connectivity index (χ4v) is 2.60. The van der Waals surface area contributed by atoms with Crippen molar-refractivity contribution in [1.29, 1.82) is 0 Å². The molecule has 2 aliphatic rings. The molecule has 3 N–H and O–H groups in total. The maximum Gasteiger partial charge on any atom is 0.160 e. The van der Waals surface area contributed by atoms with E-state index in [0.29, 0.717) is 0 Å². The molecular weight excluding hydrogens is 218 g/mol. The van der Waals surface area contributed by atoms with E-state index in [-0.39, 0.29) is 12.0 Å². The van der Waals surface area contributed by atoms with E-state index in [9.17, 15) is 10.2 Å². The third-order valence-electron chi connectivity index (χ3n) is 2.74. The molecule has 0 aromatic heterocycles. The average Bonchev–Trinajstić information content (AvgIpc) is 2.74. The molecule has 5 nitrogen and oxygen atoms in total. The lowest BCUT2D eigenvalue weighted by Gasteiger charge is -2.29. The molecule has 0 saturated carbocycles. The van der Waals surface area contributed by atoms with Crippen LogP contribution in [0.25, 0.3) is 0 Å².